The predicted octanol–water partition coefficient (Wildman–Crippen LogP) is 6.08. The topological polar surface area (TPSA) is 54.4 Å². The van der Waals surface area contributed by atoms with Crippen LogP contribution in [0.3, 0.4) is 0 Å². The van der Waals surface area contributed by atoms with Crippen LogP contribution >= 0.6 is 23.1 Å². The highest BCUT2D eigenvalue weighted by atomic mass is 32.2. The van der Waals surface area contributed by atoms with Crippen molar-refractivity contribution in [2.75, 3.05) is 0 Å². The second kappa shape index (κ2) is 8.50. The van der Waals surface area contributed by atoms with Gasteiger partial charge in [-0.05, 0) is 64.7 Å². The van der Waals surface area contributed by atoms with Gasteiger partial charge >= 0.3 is 11.2 Å². The summed E-state index contributed by atoms with van der Waals surface area (Å²) in [6.45, 7) is 0. The number of aliphatic carboxylic acids is 1. The molecule has 142 valence electrons. The second-order valence-corrected chi connectivity index (χ2v) is 7.88. The van der Waals surface area contributed by atoms with E-state index in [0.717, 1.165) is 16.0 Å². The maximum Gasteiger partial charge on any atom is 0.393 e. The van der Waals surface area contributed by atoms with Crippen LogP contribution in [-0.4, -0.2) is 22.1 Å². The number of hydrogen-bond acceptors (Lipinski definition) is 4. The Bertz CT molecular complexity index is 993. The van der Waals surface area contributed by atoms with Gasteiger partial charge in [-0.25, -0.2) is 4.79 Å². The van der Waals surface area contributed by atoms with Crippen LogP contribution in [-0.2, 0) is 4.79 Å². The maximum atomic E-state index is 13.2. The number of carboxylic acids is 1. The Balaban J connectivity index is 1.65. The zero-order valence-electron chi connectivity index (χ0n) is 14.3. The molecule has 0 saturated heterocycles. The largest absolute Gasteiger partial charge is 0.476 e. The van der Waals surface area contributed by atoms with Crippen molar-refractivity contribution in [1.82, 2.24) is 0 Å². The number of halogens is 2. The van der Waals surface area contributed by atoms with Crippen LogP contribution in [0.25, 0.3) is 16.5 Å². The Morgan fingerprint density at radius 1 is 1.00 bits per heavy atom. The molecule has 7 heteroatoms. The Kier molecular flexibility index (Phi) is 6.06. The summed E-state index contributed by atoms with van der Waals surface area (Å²) in [6.07, 6.45) is 3.09. The van der Waals surface area contributed by atoms with Crippen molar-refractivity contribution < 1.29 is 23.5 Å². The third-order valence-electron chi connectivity index (χ3n) is 3.78. The predicted molar refractivity (Wildman–Crippen MR) is 108 cm³/mol. The molecule has 0 aliphatic carbocycles. The number of hydrogen-bond donors (Lipinski definition) is 1. The molecule has 3 aromatic rings. The zero-order chi connectivity index (χ0) is 20.1. The fraction of sp³-hybridized carbons (Fsp3) is 0.0476. The Morgan fingerprint density at radius 3 is 2.25 bits per heavy atom. The fourth-order valence-corrected chi connectivity index (χ4v) is 3.74. The van der Waals surface area contributed by atoms with Gasteiger partial charge in [-0.1, -0.05) is 36.4 Å². The molecule has 1 N–H and O–H groups in total. The zero-order valence-corrected chi connectivity index (χ0v) is 16.0. The highest BCUT2D eigenvalue weighted by molar-refractivity contribution is 8.01. The van der Waals surface area contributed by atoms with Gasteiger partial charge in [-0.3, -0.25) is 4.79 Å². The molecular weight excluding hydrogens is 402 g/mol. The number of allylic oxidation sites excluding steroid dienone is 1. The number of ketones is 1. The quantitative estimate of drug-likeness (QED) is 0.288. The molecule has 28 heavy (non-hydrogen) atoms. The normalized spacial score (nSPS) is 11.6. The molecule has 1 aromatic heterocycles. The van der Waals surface area contributed by atoms with Gasteiger partial charge in [0.2, 0.25) is 0 Å². The van der Waals surface area contributed by atoms with E-state index in [4.69, 9.17) is 5.11 Å². The van der Waals surface area contributed by atoms with Gasteiger partial charge in [0.05, 0.1) is 0 Å². The number of benzene rings is 2. The molecule has 0 radical (unpaired) electrons. The first-order chi connectivity index (χ1) is 13.3. The molecule has 0 fully saturated rings. The van der Waals surface area contributed by atoms with Crippen LogP contribution in [0.4, 0.5) is 8.78 Å². The van der Waals surface area contributed by atoms with Crippen LogP contribution in [0, 0.1) is 0 Å². The molecule has 0 saturated carbocycles. The average Bonchev–Trinajstić information content (AvgIpc) is 3.21. The number of rotatable bonds is 7. The van der Waals surface area contributed by atoms with E-state index in [1.165, 1.54) is 30.3 Å². The highest BCUT2D eigenvalue weighted by Gasteiger charge is 2.40. The van der Waals surface area contributed by atoms with Gasteiger partial charge in [0.1, 0.15) is 0 Å². The van der Waals surface area contributed by atoms with Crippen molar-refractivity contribution in [3.05, 3.63) is 83.2 Å². The van der Waals surface area contributed by atoms with E-state index in [0.29, 0.717) is 5.56 Å². The van der Waals surface area contributed by atoms with E-state index in [1.54, 1.807) is 17.4 Å². The van der Waals surface area contributed by atoms with Crippen molar-refractivity contribution in [3.8, 4) is 10.4 Å². The third-order valence-corrected chi connectivity index (χ3v) is 5.64. The van der Waals surface area contributed by atoms with Crippen molar-refractivity contribution in [3.63, 3.8) is 0 Å². The second-order valence-electron chi connectivity index (χ2n) is 5.75. The highest BCUT2D eigenvalue weighted by Crippen LogP contribution is 2.36. The molecule has 0 unspecified atom stereocenters. The molecule has 0 bridgehead atoms. The lowest BCUT2D eigenvalue weighted by atomic mass is 10.1. The van der Waals surface area contributed by atoms with Crippen molar-refractivity contribution in [2.45, 2.75) is 10.2 Å². The van der Waals surface area contributed by atoms with Gasteiger partial charge in [0.15, 0.2) is 5.78 Å². The Hall–Kier alpha value is -2.77. The van der Waals surface area contributed by atoms with Gasteiger partial charge in [0.25, 0.3) is 0 Å². The van der Waals surface area contributed by atoms with Crippen LogP contribution in [0.15, 0.2) is 77.0 Å². The van der Waals surface area contributed by atoms with Crippen LogP contribution in [0.2, 0.25) is 0 Å². The summed E-state index contributed by atoms with van der Waals surface area (Å²) >= 11 is 1.57. The Morgan fingerprint density at radius 2 is 1.68 bits per heavy atom. The number of thioether (sulfide) groups is 1. The first-order valence-electron chi connectivity index (χ1n) is 8.12. The summed E-state index contributed by atoms with van der Waals surface area (Å²) < 4.78 is 26.4. The molecule has 0 aliphatic heterocycles. The minimum absolute atomic E-state index is 0.0668. The van der Waals surface area contributed by atoms with Gasteiger partial charge in [-0.15, -0.1) is 11.3 Å². The molecule has 0 amide bonds. The van der Waals surface area contributed by atoms with Crippen LogP contribution in [0.1, 0.15) is 15.9 Å². The maximum absolute atomic E-state index is 13.2. The van der Waals surface area contributed by atoms with E-state index < -0.39 is 11.2 Å². The summed E-state index contributed by atoms with van der Waals surface area (Å²) in [4.78, 5) is 23.9. The number of carboxylic acid groups (broad SMARTS) is 1. The van der Waals surface area contributed by atoms with Crippen LogP contribution < -0.4 is 0 Å². The van der Waals surface area contributed by atoms with E-state index >= 15 is 0 Å². The number of thiophene rings is 1. The fourth-order valence-electron chi connectivity index (χ4n) is 2.35. The lowest BCUT2D eigenvalue weighted by molar-refractivity contribution is -0.152. The minimum atomic E-state index is -3.92. The first-order valence-corrected chi connectivity index (χ1v) is 9.81. The summed E-state index contributed by atoms with van der Waals surface area (Å²) in [5, 5.41) is 6.55. The first kappa shape index (κ1) is 20.0. The summed E-state index contributed by atoms with van der Waals surface area (Å²) in [7, 11) is 0. The van der Waals surface area contributed by atoms with Crippen molar-refractivity contribution in [2.24, 2.45) is 0 Å². The minimum Gasteiger partial charge on any atom is -0.476 e. The molecule has 1 heterocycles. The molecule has 3 rings (SSSR count). The molecule has 0 atom stereocenters. The molecular formula is C21H14F2O3S2. The monoisotopic (exact) mass is 416 g/mol. The standard InChI is InChI=1S/C21H14F2O3S2/c22-21(23,20(25)26)28-17-10-8-15(9-11-17)18(24)12-5-14-3-6-16(7-4-14)19-2-1-13-27-19/h1-13H,(H,25,26)/b12-5+. The van der Waals surface area contributed by atoms with E-state index in [1.807, 2.05) is 41.8 Å². The number of alkyl halides is 2. The molecule has 0 aliphatic rings. The summed E-state index contributed by atoms with van der Waals surface area (Å²) in [6, 6.07) is 17.2. The summed E-state index contributed by atoms with van der Waals surface area (Å²) in [5.41, 5.74) is 2.29. The van der Waals surface area contributed by atoms with Gasteiger partial charge in [-0.2, -0.15) is 8.78 Å². The molecule has 3 nitrogen and oxygen atoms in total. The van der Waals surface area contributed by atoms with Gasteiger partial charge < -0.3 is 5.11 Å². The molecule has 2 aromatic carbocycles. The van der Waals surface area contributed by atoms with Crippen molar-refractivity contribution in [1.29, 1.82) is 0 Å². The smallest absolute Gasteiger partial charge is 0.393 e. The van der Waals surface area contributed by atoms with E-state index in [9.17, 15) is 18.4 Å². The molecule has 0 spiro atoms. The Labute approximate surface area is 168 Å². The number of carbonyl (C=O) groups is 2. The average molecular weight is 416 g/mol. The third kappa shape index (κ3) is 4.94. The van der Waals surface area contributed by atoms with Crippen molar-refractivity contribution >= 4 is 40.9 Å². The van der Waals surface area contributed by atoms with Crippen LogP contribution in [0.5, 0.6) is 0 Å². The van der Waals surface area contributed by atoms with Gasteiger partial charge in [0, 0.05) is 15.3 Å². The number of carbonyl (C=O) groups excluding carboxylic acids is 1. The lowest BCUT2D eigenvalue weighted by Gasteiger charge is -2.10. The summed E-state index contributed by atoms with van der Waals surface area (Å²) in [5.74, 6) is -2.48. The SMILES string of the molecule is O=C(/C=C/c1ccc(-c2cccs2)cc1)c1ccc(SC(F)(F)C(=O)O)cc1. The van der Waals surface area contributed by atoms with E-state index in [-0.39, 0.29) is 22.4 Å². The lowest BCUT2D eigenvalue weighted by Crippen LogP contribution is -2.23. The van der Waals surface area contributed by atoms with E-state index in [2.05, 4.69) is 0 Å².